The van der Waals surface area contributed by atoms with Crippen LogP contribution in [0.5, 0.6) is 0 Å². The van der Waals surface area contributed by atoms with Gasteiger partial charge >= 0.3 is 0 Å². The Kier molecular flexibility index (Phi) is 9.18. The van der Waals surface area contributed by atoms with Crippen LogP contribution in [0.1, 0.15) is 106 Å². The van der Waals surface area contributed by atoms with Crippen molar-refractivity contribution in [2.24, 2.45) is 11.8 Å². The van der Waals surface area contributed by atoms with Crippen molar-refractivity contribution in [3.05, 3.63) is 186 Å². The predicted molar refractivity (Wildman–Crippen MR) is 249 cm³/mol. The number of hydrogen-bond donors (Lipinski definition) is 0. The molecule has 59 heavy (non-hydrogen) atoms. The van der Waals surface area contributed by atoms with Gasteiger partial charge in [0, 0.05) is 22.4 Å². The van der Waals surface area contributed by atoms with Gasteiger partial charge in [0.05, 0.1) is 5.69 Å². The second-order valence-corrected chi connectivity index (χ2v) is 18.6. The number of rotatable bonds is 8. The fraction of sp³-hybridized carbons (Fsp3) is 0.276. The van der Waals surface area contributed by atoms with E-state index in [1.54, 1.807) is 0 Å². The van der Waals surface area contributed by atoms with E-state index in [4.69, 9.17) is 0 Å². The van der Waals surface area contributed by atoms with E-state index in [9.17, 15) is 0 Å². The van der Waals surface area contributed by atoms with Gasteiger partial charge in [-0.3, -0.25) is 0 Å². The van der Waals surface area contributed by atoms with Crippen molar-refractivity contribution in [3.63, 3.8) is 0 Å². The number of nitrogens with zero attached hydrogens (tertiary/aromatic N) is 1. The van der Waals surface area contributed by atoms with Gasteiger partial charge in [-0.1, -0.05) is 173 Å². The first-order valence-electron chi connectivity index (χ1n) is 22.5. The summed E-state index contributed by atoms with van der Waals surface area (Å²) in [6, 6.07) is 62.4. The molecular weight excluding hydrogens is 711 g/mol. The molecule has 1 heteroatoms. The molecule has 3 atom stereocenters. The SMILES string of the molecule is CC1(C)c2cc(N(c3ccc(C4CC5CCC4C5)cc3)c3ccccc3-c3ccccc3C3CCCCC3)ccc2-c2cccc(-c3ccccc3-c3ccccc3)c21. The molecule has 0 aromatic heterocycles. The first kappa shape index (κ1) is 36.4. The highest BCUT2D eigenvalue weighted by Crippen LogP contribution is 2.56. The van der Waals surface area contributed by atoms with Crippen LogP contribution in [0.3, 0.4) is 0 Å². The summed E-state index contributed by atoms with van der Waals surface area (Å²) in [7, 11) is 0. The highest BCUT2D eigenvalue weighted by molar-refractivity contribution is 5.95. The maximum atomic E-state index is 2.57. The third-order valence-corrected chi connectivity index (χ3v) is 15.0. The Bertz CT molecular complexity index is 2640. The molecule has 3 unspecified atom stereocenters. The van der Waals surface area contributed by atoms with Crippen molar-refractivity contribution >= 4 is 17.1 Å². The van der Waals surface area contributed by atoms with Gasteiger partial charge in [0.15, 0.2) is 0 Å². The normalized spacial score (nSPS) is 20.3. The summed E-state index contributed by atoms with van der Waals surface area (Å²) in [5.74, 6) is 3.13. The van der Waals surface area contributed by atoms with Crippen LogP contribution in [-0.2, 0) is 5.41 Å². The van der Waals surface area contributed by atoms with E-state index in [0.29, 0.717) is 11.8 Å². The van der Waals surface area contributed by atoms with Crippen LogP contribution < -0.4 is 4.90 Å². The van der Waals surface area contributed by atoms with E-state index in [2.05, 4.69) is 183 Å². The first-order chi connectivity index (χ1) is 29.0. The summed E-state index contributed by atoms with van der Waals surface area (Å²) in [6.07, 6.45) is 12.2. The number of benzene rings is 7. The van der Waals surface area contributed by atoms with Gasteiger partial charge in [-0.25, -0.2) is 0 Å². The molecule has 0 spiro atoms. The molecule has 11 rings (SSSR count). The number of para-hydroxylation sites is 1. The minimum atomic E-state index is -0.217. The van der Waals surface area contributed by atoms with Crippen LogP contribution >= 0.6 is 0 Å². The molecule has 0 saturated heterocycles. The van der Waals surface area contributed by atoms with Crippen LogP contribution in [-0.4, -0.2) is 0 Å². The molecule has 7 aromatic rings. The molecule has 1 nitrogen and oxygen atoms in total. The van der Waals surface area contributed by atoms with Crippen LogP contribution in [0.25, 0.3) is 44.5 Å². The van der Waals surface area contributed by atoms with E-state index in [1.165, 1.54) is 142 Å². The van der Waals surface area contributed by atoms with E-state index in [1.807, 2.05) is 0 Å². The van der Waals surface area contributed by atoms with E-state index < -0.39 is 0 Å². The van der Waals surface area contributed by atoms with Crippen molar-refractivity contribution in [1.29, 1.82) is 0 Å². The maximum absolute atomic E-state index is 2.57. The third-order valence-electron chi connectivity index (χ3n) is 15.0. The lowest BCUT2D eigenvalue weighted by Gasteiger charge is -2.31. The second kappa shape index (κ2) is 14.9. The lowest BCUT2D eigenvalue weighted by atomic mass is 9.77. The molecule has 3 saturated carbocycles. The Hall–Kier alpha value is -5.66. The summed E-state index contributed by atoms with van der Waals surface area (Å²) >= 11 is 0. The van der Waals surface area contributed by atoms with Gasteiger partial charge in [0.1, 0.15) is 0 Å². The van der Waals surface area contributed by atoms with Crippen molar-refractivity contribution in [2.75, 3.05) is 4.90 Å². The Morgan fingerprint density at radius 2 is 1.12 bits per heavy atom. The predicted octanol–water partition coefficient (Wildman–Crippen LogP) is 16.4. The molecule has 4 aliphatic carbocycles. The quantitative estimate of drug-likeness (QED) is 0.149. The largest absolute Gasteiger partial charge is 0.310 e. The number of hydrogen-bond acceptors (Lipinski definition) is 1. The zero-order valence-corrected chi connectivity index (χ0v) is 34.7. The lowest BCUT2D eigenvalue weighted by molar-refractivity contribution is 0.420. The van der Waals surface area contributed by atoms with Crippen LogP contribution in [0, 0.1) is 11.8 Å². The van der Waals surface area contributed by atoms with Crippen LogP contribution in [0.4, 0.5) is 17.1 Å². The molecule has 4 aliphatic rings. The van der Waals surface area contributed by atoms with Gasteiger partial charge in [-0.2, -0.15) is 0 Å². The third kappa shape index (κ3) is 6.28. The van der Waals surface area contributed by atoms with Gasteiger partial charge < -0.3 is 4.90 Å². The lowest BCUT2D eigenvalue weighted by Crippen LogP contribution is -2.18. The maximum Gasteiger partial charge on any atom is 0.0540 e. The van der Waals surface area contributed by atoms with Crippen LogP contribution in [0.15, 0.2) is 164 Å². The molecule has 0 heterocycles. The van der Waals surface area contributed by atoms with Crippen LogP contribution in [0.2, 0.25) is 0 Å². The molecule has 0 amide bonds. The molecule has 0 N–H and O–H groups in total. The summed E-state index contributed by atoms with van der Waals surface area (Å²) in [5, 5.41) is 0. The van der Waals surface area contributed by atoms with Crippen molar-refractivity contribution in [3.8, 4) is 44.5 Å². The van der Waals surface area contributed by atoms with Gasteiger partial charge in [0.25, 0.3) is 0 Å². The second-order valence-electron chi connectivity index (χ2n) is 18.6. The Morgan fingerprint density at radius 3 is 1.86 bits per heavy atom. The zero-order valence-electron chi connectivity index (χ0n) is 34.7. The summed E-state index contributed by atoms with van der Waals surface area (Å²) < 4.78 is 0. The van der Waals surface area contributed by atoms with Crippen molar-refractivity contribution < 1.29 is 0 Å². The smallest absolute Gasteiger partial charge is 0.0540 e. The molecule has 2 bridgehead atoms. The standard InChI is InChI=1S/C58H55N/c1-58(2)55-38-45(34-35-50(55)53-26-15-25-52(57(53)58)49-23-12-10-21-47(49)41-18-7-4-8-19-41)59(44-32-30-42(31-33-44)54-37-39-28-29-43(54)36-39)56-27-14-13-24-51(56)48-22-11-9-20-46(48)40-16-5-3-6-17-40/h4,7-15,18-27,30-35,38-40,43,54H,3,5-6,16-17,28-29,36-37H2,1-2H3. The number of fused-ring (bicyclic) bond motifs is 5. The molecule has 7 aromatic carbocycles. The van der Waals surface area contributed by atoms with Gasteiger partial charge in [-0.15, -0.1) is 0 Å². The highest BCUT2D eigenvalue weighted by atomic mass is 15.1. The van der Waals surface area contributed by atoms with E-state index in [0.717, 1.165) is 11.8 Å². The zero-order chi connectivity index (χ0) is 39.5. The first-order valence-corrected chi connectivity index (χ1v) is 22.5. The molecular formula is C58H55N. The van der Waals surface area contributed by atoms with Crippen molar-refractivity contribution in [1.82, 2.24) is 0 Å². The average Bonchev–Trinajstić information content (AvgIpc) is 4.00. The molecule has 292 valence electrons. The van der Waals surface area contributed by atoms with E-state index >= 15 is 0 Å². The highest BCUT2D eigenvalue weighted by Gasteiger charge is 2.41. The fourth-order valence-electron chi connectivity index (χ4n) is 12.2. The summed E-state index contributed by atoms with van der Waals surface area (Å²) in [5.41, 5.74) is 19.8. The Balaban J connectivity index is 1.05. The monoisotopic (exact) mass is 765 g/mol. The Morgan fingerprint density at radius 1 is 0.475 bits per heavy atom. The Labute approximate surface area is 351 Å². The summed E-state index contributed by atoms with van der Waals surface area (Å²) in [6.45, 7) is 4.89. The average molecular weight is 766 g/mol. The minimum Gasteiger partial charge on any atom is -0.310 e. The van der Waals surface area contributed by atoms with Gasteiger partial charge in [-0.05, 0) is 147 Å². The summed E-state index contributed by atoms with van der Waals surface area (Å²) in [4.78, 5) is 2.57. The van der Waals surface area contributed by atoms with Crippen molar-refractivity contribution in [2.45, 2.75) is 88.9 Å². The topological polar surface area (TPSA) is 3.24 Å². The van der Waals surface area contributed by atoms with Gasteiger partial charge in [0.2, 0.25) is 0 Å². The molecule has 3 fully saturated rings. The minimum absolute atomic E-state index is 0.217. The number of anilines is 3. The molecule has 0 aliphatic heterocycles. The van der Waals surface area contributed by atoms with E-state index in [-0.39, 0.29) is 5.41 Å². The molecule has 0 radical (unpaired) electrons. The fourth-order valence-corrected chi connectivity index (χ4v) is 12.2.